The van der Waals surface area contributed by atoms with Crippen molar-refractivity contribution in [3.63, 3.8) is 0 Å². The van der Waals surface area contributed by atoms with Gasteiger partial charge in [0.25, 0.3) is 0 Å². The molecule has 0 spiro atoms. The molecule has 4 rings (SSSR count). The number of allylic oxidation sites excluding steroid dienone is 2. The van der Waals surface area contributed by atoms with E-state index in [4.69, 9.17) is 9.84 Å². The molecule has 0 radical (unpaired) electrons. The predicted molar refractivity (Wildman–Crippen MR) is 152 cm³/mol. The molecule has 1 fully saturated rings. The van der Waals surface area contributed by atoms with Crippen LogP contribution in [0.2, 0.25) is 0 Å². The smallest absolute Gasteiger partial charge is 0.303 e. The fourth-order valence-corrected chi connectivity index (χ4v) is 6.37. The highest BCUT2D eigenvalue weighted by Gasteiger charge is 2.38. The number of hydrogen-bond donors (Lipinski definition) is 2. The molecular formula is C30H32BrNO5S. The molecule has 0 heterocycles. The molecule has 8 heteroatoms. The number of ether oxygens (including phenoxy) is 1. The van der Waals surface area contributed by atoms with Crippen LogP contribution in [0.25, 0.3) is 11.1 Å². The summed E-state index contributed by atoms with van der Waals surface area (Å²) in [6.07, 6.45) is 6.20. The first-order chi connectivity index (χ1) is 18.3. The monoisotopic (exact) mass is 597 g/mol. The summed E-state index contributed by atoms with van der Waals surface area (Å²) in [6, 6.07) is 24.8. The van der Waals surface area contributed by atoms with E-state index in [1.54, 1.807) is 24.3 Å². The van der Waals surface area contributed by atoms with Crippen molar-refractivity contribution in [2.75, 3.05) is 0 Å². The topological polar surface area (TPSA) is 92.7 Å². The van der Waals surface area contributed by atoms with Gasteiger partial charge in [-0.1, -0.05) is 82.7 Å². The first-order valence-electron chi connectivity index (χ1n) is 12.7. The van der Waals surface area contributed by atoms with Crippen LogP contribution in [0, 0.1) is 5.92 Å². The first-order valence-corrected chi connectivity index (χ1v) is 15.0. The molecule has 0 unspecified atom stereocenters. The summed E-state index contributed by atoms with van der Waals surface area (Å²) in [7, 11) is -3.69. The van der Waals surface area contributed by atoms with Crippen molar-refractivity contribution in [1.29, 1.82) is 0 Å². The van der Waals surface area contributed by atoms with Gasteiger partial charge in [0.15, 0.2) is 0 Å². The Morgan fingerprint density at radius 2 is 1.63 bits per heavy atom. The third kappa shape index (κ3) is 7.86. The number of hydrogen-bond acceptors (Lipinski definition) is 4. The van der Waals surface area contributed by atoms with E-state index in [1.165, 1.54) is 0 Å². The van der Waals surface area contributed by atoms with Crippen LogP contribution in [-0.4, -0.2) is 31.6 Å². The molecule has 2 N–H and O–H groups in total. The van der Waals surface area contributed by atoms with E-state index in [0.29, 0.717) is 25.9 Å². The molecule has 38 heavy (non-hydrogen) atoms. The number of halogens is 1. The summed E-state index contributed by atoms with van der Waals surface area (Å²) in [6.45, 7) is 0.436. The quantitative estimate of drug-likeness (QED) is 0.230. The van der Waals surface area contributed by atoms with Gasteiger partial charge < -0.3 is 9.84 Å². The third-order valence-corrected chi connectivity index (χ3v) is 8.85. The lowest BCUT2D eigenvalue weighted by atomic mass is 9.97. The second-order valence-electron chi connectivity index (χ2n) is 9.47. The Bertz CT molecular complexity index is 1330. The number of nitrogens with one attached hydrogen (secondary N) is 1. The maximum Gasteiger partial charge on any atom is 0.303 e. The molecule has 1 saturated carbocycles. The van der Waals surface area contributed by atoms with E-state index in [9.17, 15) is 13.2 Å². The van der Waals surface area contributed by atoms with E-state index in [0.717, 1.165) is 27.6 Å². The lowest BCUT2D eigenvalue weighted by molar-refractivity contribution is -0.136. The van der Waals surface area contributed by atoms with Crippen molar-refractivity contribution >= 4 is 31.9 Å². The van der Waals surface area contributed by atoms with Crippen LogP contribution in [0.4, 0.5) is 0 Å². The number of carboxylic acid groups (broad SMARTS) is 1. The summed E-state index contributed by atoms with van der Waals surface area (Å²) >= 11 is 3.34. The van der Waals surface area contributed by atoms with Gasteiger partial charge in [-0.25, -0.2) is 13.1 Å². The normalized spacial score (nSPS) is 19.7. The maximum atomic E-state index is 13.1. The van der Waals surface area contributed by atoms with E-state index >= 15 is 0 Å². The Morgan fingerprint density at radius 3 is 2.32 bits per heavy atom. The van der Waals surface area contributed by atoms with Gasteiger partial charge in [0.1, 0.15) is 0 Å². The van der Waals surface area contributed by atoms with Crippen LogP contribution in [0.3, 0.4) is 0 Å². The molecule has 1 aliphatic rings. The summed E-state index contributed by atoms with van der Waals surface area (Å²) in [5, 5.41) is 8.89. The molecule has 0 bridgehead atoms. The van der Waals surface area contributed by atoms with Gasteiger partial charge in [0.05, 0.1) is 17.6 Å². The van der Waals surface area contributed by atoms with Crippen LogP contribution >= 0.6 is 15.9 Å². The lowest BCUT2D eigenvalue weighted by Crippen LogP contribution is -2.39. The highest BCUT2D eigenvalue weighted by atomic mass is 79.9. The Morgan fingerprint density at radius 1 is 0.947 bits per heavy atom. The maximum absolute atomic E-state index is 13.1. The zero-order valence-corrected chi connectivity index (χ0v) is 23.4. The van der Waals surface area contributed by atoms with Gasteiger partial charge in [-0.05, 0) is 66.6 Å². The molecule has 6 nitrogen and oxygen atoms in total. The zero-order chi connectivity index (χ0) is 27.0. The fourth-order valence-electron chi connectivity index (χ4n) is 4.79. The summed E-state index contributed by atoms with van der Waals surface area (Å²) in [4.78, 5) is 11.0. The molecule has 200 valence electrons. The molecule has 0 aliphatic heterocycles. The molecule has 3 aromatic carbocycles. The first kappa shape index (κ1) is 28.2. The molecule has 0 aromatic heterocycles. The highest BCUT2D eigenvalue weighted by molar-refractivity contribution is 9.10. The van der Waals surface area contributed by atoms with E-state index in [2.05, 4.69) is 57.1 Å². The number of benzene rings is 3. The molecule has 0 saturated heterocycles. The Hall–Kier alpha value is -2.78. The van der Waals surface area contributed by atoms with E-state index in [-0.39, 0.29) is 29.4 Å². The number of rotatable bonds is 12. The van der Waals surface area contributed by atoms with Crippen molar-refractivity contribution in [1.82, 2.24) is 4.72 Å². The minimum absolute atomic E-state index is 0.0649. The lowest BCUT2D eigenvalue weighted by Gasteiger charge is -2.25. The zero-order valence-electron chi connectivity index (χ0n) is 21.0. The number of sulfonamides is 1. The van der Waals surface area contributed by atoms with Gasteiger partial charge in [0.2, 0.25) is 10.0 Å². The Labute approximate surface area is 232 Å². The molecular weight excluding hydrogens is 566 g/mol. The predicted octanol–water partition coefficient (Wildman–Crippen LogP) is 6.57. The highest BCUT2D eigenvalue weighted by Crippen LogP contribution is 2.34. The average Bonchev–Trinajstić information content (AvgIpc) is 3.28. The van der Waals surface area contributed by atoms with Crippen molar-refractivity contribution in [3.05, 3.63) is 101 Å². The summed E-state index contributed by atoms with van der Waals surface area (Å²) in [5.41, 5.74) is 3.35. The Kier molecular flexibility index (Phi) is 9.91. The summed E-state index contributed by atoms with van der Waals surface area (Å²) in [5.74, 6) is -0.903. The second kappa shape index (κ2) is 13.3. The third-order valence-electron chi connectivity index (χ3n) is 6.81. The van der Waals surface area contributed by atoms with Crippen LogP contribution in [-0.2, 0) is 26.2 Å². The average molecular weight is 599 g/mol. The fraction of sp³-hybridized carbons (Fsp3) is 0.300. The number of aliphatic carboxylic acids is 1. The largest absolute Gasteiger partial charge is 0.481 e. The SMILES string of the molecule is O=C(O)CC/C=C\C[C@@H]1[C@@H](NS(=O)(=O)c2ccc(Br)cc2)CC[C@@H]1OCc1ccc(-c2ccccc2)cc1. The number of carboxylic acids is 1. The van der Waals surface area contributed by atoms with E-state index < -0.39 is 16.0 Å². The number of carbonyl (C=O) groups is 1. The Balaban J connectivity index is 1.42. The van der Waals surface area contributed by atoms with Crippen molar-refractivity contribution in [3.8, 4) is 11.1 Å². The van der Waals surface area contributed by atoms with Crippen molar-refractivity contribution < 1.29 is 23.1 Å². The molecule has 0 amide bonds. The van der Waals surface area contributed by atoms with Gasteiger partial charge in [-0.15, -0.1) is 0 Å². The van der Waals surface area contributed by atoms with Crippen LogP contribution in [0.1, 0.15) is 37.7 Å². The standard InChI is InChI=1S/C30H32BrNO5S/c31-25-15-17-26(18-16-25)38(35,36)32-28-19-20-29(27(28)9-5-2-6-10-30(33)34)37-21-22-11-13-24(14-12-22)23-7-3-1-4-8-23/h1-5,7-8,11-18,27-29,32H,6,9-10,19-21H2,(H,33,34)/b5-2-/t27-,28+,29+/m1/s1. The van der Waals surface area contributed by atoms with Crippen LogP contribution in [0.15, 0.2) is 100 Å². The van der Waals surface area contributed by atoms with Gasteiger partial charge in [-0.3, -0.25) is 4.79 Å². The van der Waals surface area contributed by atoms with Crippen LogP contribution in [0.5, 0.6) is 0 Å². The van der Waals surface area contributed by atoms with Gasteiger partial charge in [-0.2, -0.15) is 0 Å². The van der Waals surface area contributed by atoms with E-state index in [1.807, 2.05) is 30.4 Å². The minimum Gasteiger partial charge on any atom is -0.481 e. The van der Waals surface area contributed by atoms with Gasteiger partial charge >= 0.3 is 5.97 Å². The molecule has 3 aromatic rings. The molecule has 1 aliphatic carbocycles. The second-order valence-corrected chi connectivity index (χ2v) is 12.1. The van der Waals surface area contributed by atoms with Crippen LogP contribution < -0.4 is 4.72 Å². The summed E-state index contributed by atoms with van der Waals surface area (Å²) < 4.78 is 36.2. The van der Waals surface area contributed by atoms with Crippen molar-refractivity contribution in [2.24, 2.45) is 5.92 Å². The minimum atomic E-state index is -3.69. The van der Waals surface area contributed by atoms with Crippen molar-refractivity contribution in [2.45, 2.75) is 55.8 Å². The molecule has 3 atom stereocenters. The van der Waals surface area contributed by atoms with Gasteiger partial charge in [0, 0.05) is 22.9 Å².